The van der Waals surface area contributed by atoms with E-state index < -0.39 is 5.54 Å². The number of para-hydroxylation sites is 1. The Bertz CT molecular complexity index is 407. The van der Waals surface area contributed by atoms with Crippen molar-refractivity contribution in [1.29, 1.82) is 0 Å². The zero-order chi connectivity index (χ0) is 13.0. The number of carbonyl (C=O) groups excluding carboxylic acids is 1. The van der Waals surface area contributed by atoms with Crippen LogP contribution in [-0.4, -0.2) is 24.7 Å². The molecule has 0 saturated heterocycles. The van der Waals surface area contributed by atoms with Crippen molar-refractivity contribution in [3.8, 4) is 5.75 Å². The molecule has 0 spiro atoms. The van der Waals surface area contributed by atoms with Gasteiger partial charge in [0.1, 0.15) is 17.4 Å². The number of methoxy groups -OCH3 is 1. The summed E-state index contributed by atoms with van der Waals surface area (Å²) in [7, 11) is 1.37. The molecule has 2 N–H and O–H groups in total. The second-order valence-corrected chi connectivity index (χ2v) is 4.80. The van der Waals surface area contributed by atoms with Gasteiger partial charge in [-0.25, -0.2) is 0 Å². The lowest BCUT2D eigenvalue weighted by Gasteiger charge is -2.35. The zero-order valence-electron chi connectivity index (χ0n) is 10.6. The second kappa shape index (κ2) is 5.40. The molecule has 0 amide bonds. The lowest BCUT2D eigenvalue weighted by atomic mass is 9.81. The van der Waals surface area contributed by atoms with E-state index >= 15 is 0 Å². The van der Waals surface area contributed by atoms with Crippen molar-refractivity contribution in [3.05, 3.63) is 30.3 Å². The van der Waals surface area contributed by atoms with Gasteiger partial charge in [0, 0.05) is 6.42 Å². The molecule has 0 aromatic heterocycles. The normalized spacial score (nSPS) is 27.6. The predicted molar refractivity (Wildman–Crippen MR) is 68.3 cm³/mol. The Balaban J connectivity index is 2.01. The van der Waals surface area contributed by atoms with Gasteiger partial charge in [-0.1, -0.05) is 18.2 Å². The molecule has 0 radical (unpaired) electrons. The van der Waals surface area contributed by atoms with Crippen molar-refractivity contribution < 1.29 is 14.3 Å². The third kappa shape index (κ3) is 2.82. The summed E-state index contributed by atoms with van der Waals surface area (Å²) >= 11 is 0. The topological polar surface area (TPSA) is 61.5 Å². The maximum atomic E-state index is 11.7. The quantitative estimate of drug-likeness (QED) is 0.831. The van der Waals surface area contributed by atoms with Crippen molar-refractivity contribution in [2.24, 2.45) is 5.73 Å². The molecule has 18 heavy (non-hydrogen) atoms. The molecule has 0 heterocycles. The molecule has 2 unspecified atom stereocenters. The summed E-state index contributed by atoms with van der Waals surface area (Å²) in [6, 6.07) is 9.60. The van der Waals surface area contributed by atoms with Gasteiger partial charge in [-0.05, 0) is 31.4 Å². The van der Waals surface area contributed by atoms with Gasteiger partial charge in [-0.3, -0.25) is 4.79 Å². The van der Waals surface area contributed by atoms with Gasteiger partial charge in [-0.15, -0.1) is 0 Å². The van der Waals surface area contributed by atoms with Gasteiger partial charge in [0.2, 0.25) is 0 Å². The Labute approximate surface area is 107 Å². The Morgan fingerprint density at radius 2 is 2.11 bits per heavy atom. The summed E-state index contributed by atoms with van der Waals surface area (Å²) in [4.78, 5) is 11.7. The summed E-state index contributed by atoms with van der Waals surface area (Å²) in [6.07, 6.45) is 2.95. The van der Waals surface area contributed by atoms with Crippen LogP contribution in [0.25, 0.3) is 0 Å². The fraction of sp³-hybridized carbons (Fsp3) is 0.500. The Morgan fingerprint density at radius 1 is 1.39 bits per heavy atom. The number of benzene rings is 1. The van der Waals surface area contributed by atoms with Gasteiger partial charge in [0.05, 0.1) is 7.11 Å². The van der Waals surface area contributed by atoms with E-state index in [0.29, 0.717) is 12.8 Å². The Morgan fingerprint density at radius 3 is 2.78 bits per heavy atom. The van der Waals surface area contributed by atoms with E-state index in [1.165, 1.54) is 7.11 Å². The van der Waals surface area contributed by atoms with Crippen LogP contribution in [0.4, 0.5) is 0 Å². The number of rotatable bonds is 3. The minimum atomic E-state index is -0.896. The first kappa shape index (κ1) is 12.9. The highest BCUT2D eigenvalue weighted by atomic mass is 16.5. The smallest absolute Gasteiger partial charge is 0.325 e. The molecular formula is C14H19NO3. The fourth-order valence-corrected chi connectivity index (χ4v) is 2.44. The van der Waals surface area contributed by atoms with Crippen molar-refractivity contribution in [1.82, 2.24) is 0 Å². The molecule has 4 nitrogen and oxygen atoms in total. The van der Waals surface area contributed by atoms with Crippen molar-refractivity contribution in [2.45, 2.75) is 37.3 Å². The standard InChI is InChI=1S/C14H19NO3/c1-17-13(16)14(15)9-5-8-12(10-14)18-11-6-3-2-4-7-11/h2-4,6-7,12H,5,8-10,15H2,1H3. The highest BCUT2D eigenvalue weighted by molar-refractivity contribution is 5.80. The maximum Gasteiger partial charge on any atom is 0.325 e. The van der Waals surface area contributed by atoms with E-state index in [-0.39, 0.29) is 12.1 Å². The molecule has 1 aliphatic rings. The monoisotopic (exact) mass is 249 g/mol. The molecule has 4 heteroatoms. The van der Waals surface area contributed by atoms with Crippen molar-refractivity contribution in [3.63, 3.8) is 0 Å². The SMILES string of the molecule is COC(=O)C1(N)CCCC(Oc2ccccc2)C1. The van der Waals surface area contributed by atoms with Gasteiger partial charge in [-0.2, -0.15) is 0 Å². The molecular weight excluding hydrogens is 230 g/mol. The molecule has 1 aliphatic carbocycles. The van der Waals surface area contributed by atoms with E-state index in [1.54, 1.807) is 0 Å². The van der Waals surface area contributed by atoms with Crippen LogP contribution >= 0.6 is 0 Å². The van der Waals surface area contributed by atoms with E-state index in [2.05, 4.69) is 0 Å². The largest absolute Gasteiger partial charge is 0.490 e. The van der Waals surface area contributed by atoms with Crippen LogP contribution < -0.4 is 10.5 Å². The predicted octanol–water partition coefficient (Wildman–Crippen LogP) is 1.88. The molecule has 2 atom stereocenters. The highest BCUT2D eigenvalue weighted by Gasteiger charge is 2.41. The minimum Gasteiger partial charge on any atom is -0.490 e. The maximum absolute atomic E-state index is 11.7. The summed E-state index contributed by atoms with van der Waals surface area (Å²) < 4.78 is 10.6. The van der Waals surface area contributed by atoms with Gasteiger partial charge >= 0.3 is 5.97 Å². The second-order valence-electron chi connectivity index (χ2n) is 4.80. The number of hydrogen-bond donors (Lipinski definition) is 1. The lowest BCUT2D eigenvalue weighted by molar-refractivity contribution is -0.149. The van der Waals surface area contributed by atoms with Crippen LogP contribution in [0.3, 0.4) is 0 Å². The summed E-state index contributed by atoms with van der Waals surface area (Å²) in [5.74, 6) is 0.473. The van der Waals surface area contributed by atoms with Crippen LogP contribution in [0.15, 0.2) is 30.3 Å². The van der Waals surface area contributed by atoms with E-state index in [4.69, 9.17) is 15.2 Å². The average molecular weight is 249 g/mol. The van der Waals surface area contributed by atoms with Crippen LogP contribution in [0.5, 0.6) is 5.75 Å². The average Bonchev–Trinajstić information content (AvgIpc) is 2.39. The molecule has 1 saturated carbocycles. The summed E-state index contributed by atoms with van der Waals surface area (Å²) in [5, 5.41) is 0. The Hall–Kier alpha value is -1.55. The van der Waals surface area contributed by atoms with E-state index in [1.807, 2.05) is 30.3 Å². The molecule has 98 valence electrons. The zero-order valence-corrected chi connectivity index (χ0v) is 10.6. The first-order valence-corrected chi connectivity index (χ1v) is 6.23. The molecule has 0 bridgehead atoms. The number of esters is 1. The van der Waals surface area contributed by atoms with Gasteiger partial charge < -0.3 is 15.2 Å². The first-order valence-electron chi connectivity index (χ1n) is 6.23. The van der Waals surface area contributed by atoms with Crippen LogP contribution in [0, 0.1) is 0 Å². The van der Waals surface area contributed by atoms with Gasteiger partial charge in [0.25, 0.3) is 0 Å². The lowest BCUT2D eigenvalue weighted by Crippen LogP contribution is -2.53. The molecule has 1 aromatic rings. The summed E-state index contributed by atoms with van der Waals surface area (Å²) in [6.45, 7) is 0. The molecule has 2 rings (SSSR count). The fourth-order valence-electron chi connectivity index (χ4n) is 2.44. The number of ether oxygens (including phenoxy) is 2. The van der Waals surface area contributed by atoms with Gasteiger partial charge in [0.15, 0.2) is 0 Å². The minimum absolute atomic E-state index is 0.0229. The van der Waals surface area contributed by atoms with Crippen molar-refractivity contribution >= 4 is 5.97 Å². The third-order valence-electron chi connectivity index (χ3n) is 3.38. The van der Waals surface area contributed by atoms with Crippen LogP contribution in [-0.2, 0) is 9.53 Å². The molecule has 1 aromatic carbocycles. The highest BCUT2D eigenvalue weighted by Crippen LogP contribution is 2.30. The van der Waals surface area contributed by atoms with E-state index in [9.17, 15) is 4.79 Å². The van der Waals surface area contributed by atoms with Crippen LogP contribution in [0.2, 0.25) is 0 Å². The number of hydrogen-bond acceptors (Lipinski definition) is 4. The Kier molecular flexibility index (Phi) is 3.87. The van der Waals surface area contributed by atoms with Crippen molar-refractivity contribution in [2.75, 3.05) is 7.11 Å². The number of nitrogens with two attached hydrogens (primary N) is 1. The van der Waals surface area contributed by atoms with E-state index in [0.717, 1.165) is 18.6 Å². The first-order chi connectivity index (χ1) is 8.64. The number of carbonyl (C=O) groups is 1. The molecule has 0 aliphatic heterocycles. The molecule has 1 fully saturated rings. The summed E-state index contributed by atoms with van der Waals surface area (Å²) in [5.41, 5.74) is 5.21. The third-order valence-corrected chi connectivity index (χ3v) is 3.38. The van der Waals surface area contributed by atoms with Crippen LogP contribution in [0.1, 0.15) is 25.7 Å².